The van der Waals surface area contributed by atoms with Crippen molar-refractivity contribution in [3.8, 4) is 0 Å². The molecular weight excluding hydrogens is 224 g/mol. The van der Waals surface area contributed by atoms with Gasteiger partial charge in [-0.2, -0.15) is 0 Å². The van der Waals surface area contributed by atoms with E-state index in [-0.39, 0.29) is 0 Å². The molecule has 2 N–H and O–H groups in total. The maximum Gasteiger partial charge on any atom is 0.0472 e. The highest BCUT2D eigenvalue weighted by atomic mass is 16.5. The lowest BCUT2D eigenvalue weighted by atomic mass is 9.79. The summed E-state index contributed by atoms with van der Waals surface area (Å²) in [7, 11) is 0. The van der Waals surface area contributed by atoms with Crippen LogP contribution in [0.1, 0.15) is 46.0 Å². The van der Waals surface area contributed by atoms with Gasteiger partial charge in [0.25, 0.3) is 0 Å². The largest absolute Gasteiger partial charge is 0.381 e. The van der Waals surface area contributed by atoms with Crippen molar-refractivity contribution in [1.82, 2.24) is 4.90 Å². The second kappa shape index (κ2) is 6.36. The third-order valence-corrected chi connectivity index (χ3v) is 4.58. The number of nitrogens with zero attached hydrogens (tertiary/aromatic N) is 1. The Labute approximate surface area is 112 Å². The van der Waals surface area contributed by atoms with Crippen LogP contribution in [-0.4, -0.2) is 43.8 Å². The van der Waals surface area contributed by atoms with Crippen molar-refractivity contribution in [2.75, 3.05) is 32.8 Å². The molecule has 0 spiro atoms. The Bertz CT molecular complexity index is 245. The Hall–Kier alpha value is -0.120. The molecule has 2 rings (SSSR count). The third kappa shape index (κ3) is 3.94. The van der Waals surface area contributed by atoms with Crippen LogP contribution in [0.5, 0.6) is 0 Å². The van der Waals surface area contributed by atoms with Crippen molar-refractivity contribution < 1.29 is 4.74 Å². The van der Waals surface area contributed by atoms with Gasteiger partial charge < -0.3 is 10.5 Å². The van der Waals surface area contributed by atoms with E-state index in [1.54, 1.807) is 0 Å². The smallest absolute Gasteiger partial charge is 0.0472 e. The predicted octanol–water partition coefficient (Wildman–Crippen LogP) is 2.25. The van der Waals surface area contributed by atoms with Crippen LogP contribution in [0.2, 0.25) is 0 Å². The summed E-state index contributed by atoms with van der Waals surface area (Å²) in [5, 5.41) is 0. The van der Waals surface area contributed by atoms with E-state index in [9.17, 15) is 0 Å². The summed E-state index contributed by atoms with van der Waals surface area (Å²) < 4.78 is 5.51. The van der Waals surface area contributed by atoms with Gasteiger partial charge in [-0.05, 0) is 56.5 Å². The molecule has 0 unspecified atom stereocenters. The molecule has 1 heterocycles. The summed E-state index contributed by atoms with van der Waals surface area (Å²) >= 11 is 0. The van der Waals surface area contributed by atoms with Crippen LogP contribution in [-0.2, 0) is 4.74 Å². The second-order valence-electron chi connectivity index (χ2n) is 6.70. The van der Waals surface area contributed by atoms with Gasteiger partial charge in [0.05, 0.1) is 0 Å². The highest BCUT2D eigenvalue weighted by Crippen LogP contribution is 2.35. The Morgan fingerprint density at radius 2 is 1.94 bits per heavy atom. The molecule has 0 radical (unpaired) electrons. The predicted molar refractivity (Wildman–Crippen MR) is 75.6 cm³/mol. The van der Waals surface area contributed by atoms with Gasteiger partial charge in [0.15, 0.2) is 0 Å². The summed E-state index contributed by atoms with van der Waals surface area (Å²) in [4.78, 5) is 2.72. The molecule has 0 aromatic rings. The first-order valence-electron chi connectivity index (χ1n) is 7.67. The molecule has 1 aliphatic carbocycles. The first kappa shape index (κ1) is 14.3. The fourth-order valence-corrected chi connectivity index (χ4v) is 2.92. The number of hydrogen-bond acceptors (Lipinski definition) is 3. The van der Waals surface area contributed by atoms with Crippen molar-refractivity contribution in [1.29, 1.82) is 0 Å². The zero-order chi connectivity index (χ0) is 13.0. The lowest BCUT2D eigenvalue weighted by Crippen LogP contribution is -2.47. The van der Waals surface area contributed by atoms with Gasteiger partial charge in [0.1, 0.15) is 0 Å². The SMILES string of the molecule is CC(C)CCN(CC1(CN)CCOCC1)C1CC1. The Morgan fingerprint density at radius 1 is 1.28 bits per heavy atom. The zero-order valence-electron chi connectivity index (χ0n) is 12.2. The average molecular weight is 254 g/mol. The van der Waals surface area contributed by atoms with Crippen molar-refractivity contribution in [3.05, 3.63) is 0 Å². The van der Waals surface area contributed by atoms with Gasteiger partial charge in [-0.15, -0.1) is 0 Å². The van der Waals surface area contributed by atoms with E-state index in [4.69, 9.17) is 10.5 Å². The molecule has 0 aromatic heterocycles. The number of rotatable bonds is 7. The van der Waals surface area contributed by atoms with E-state index in [1.807, 2.05) is 0 Å². The normalized spacial score (nSPS) is 23.8. The molecule has 18 heavy (non-hydrogen) atoms. The fourth-order valence-electron chi connectivity index (χ4n) is 2.92. The number of hydrogen-bond donors (Lipinski definition) is 1. The summed E-state index contributed by atoms with van der Waals surface area (Å²) in [6.45, 7) is 9.71. The van der Waals surface area contributed by atoms with Crippen LogP contribution in [0.3, 0.4) is 0 Å². The molecule has 1 saturated heterocycles. The average Bonchev–Trinajstić information content (AvgIpc) is 3.20. The van der Waals surface area contributed by atoms with Crippen molar-refractivity contribution in [2.45, 2.75) is 52.0 Å². The van der Waals surface area contributed by atoms with Crippen LogP contribution in [0, 0.1) is 11.3 Å². The number of ether oxygens (including phenoxy) is 1. The van der Waals surface area contributed by atoms with Crippen LogP contribution >= 0.6 is 0 Å². The molecular formula is C15H30N2O. The van der Waals surface area contributed by atoms with E-state index in [0.29, 0.717) is 5.41 Å². The molecule has 0 bridgehead atoms. The Morgan fingerprint density at radius 3 is 2.44 bits per heavy atom. The summed E-state index contributed by atoms with van der Waals surface area (Å²) in [6, 6.07) is 0.856. The van der Waals surface area contributed by atoms with E-state index in [2.05, 4.69) is 18.7 Å². The molecule has 0 amide bonds. The quantitative estimate of drug-likeness (QED) is 0.757. The van der Waals surface area contributed by atoms with Crippen LogP contribution in [0.15, 0.2) is 0 Å². The lowest BCUT2D eigenvalue weighted by molar-refractivity contribution is -0.00224. The minimum Gasteiger partial charge on any atom is -0.381 e. The van der Waals surface area contributed by atoms with E-state index < -0.39 is 0 Å². The van der Waals surface area contributed by atoms with Gasteiger partial charge in [0, 0.05) is 25.8 Å². The maximum atomic E-state index is 6.08. The van der Waals surface area contributed by atoms with E-state index in [1.165, 1.54) is 32.4 Å². The van der Waals surface area contributed by atoms with Crippen LogP contribution in [0.4, 0.5) is 0 Å². The minimum absolute atomic E-state index is 0.331. The molecule has 0 aromatic carbocycles. The molecule has 2 aliphatic rings. The molecule has 106 valence electrons. The summed E-state index contributed by atoms with van der Waals surface area (Å²) in [5.41, 5.74) is 6.41. The third-order valence-electron chi connectivity index (χ3n) is 4.58. The molecule has 3 heteroatoms. The van der Waals surface area contributed by atoms with Gasteiger partial charge in [0.2, 0.25) is 0 Å². The van der Waals surface area contributed by atoms with Crippen molar-refractivity contribution in [2.24, 2.45) is 17.1 Å². The lowest BCUT2D eigenvalue weighted by Gasteiger charge is -2.40. The van der Waals surface area contributed by atoms with Gasteiger partial charge in [-0.25, -0.2) is 0 Å². The first-order chi connectivity index (χ1) is 8.65. The zero-order valence-corrected chi connectivity index (χ0v) is 12.2. The van der Waals surface area contributed by atoms with Gasteiger partial charge >= 0.3 is 0 Å². The fraction of sp³-hybridized carbons (Fsp3) is 1.00. The molecule has 1 saturated carbocycles. The Balaban J connectivity index is 1.89. The van der Waals surface area contributed by atoms with E-state index >= 15 is 0 Å². The highest BCUT2D eigenvalue weighted by Gasteiger charge is 2.37. The standard InChI is InChI=1S/C15H30N2O/c1-13(2)5-8-17(14-3-4-14)12-15(11-16)6-9-18-10-7-15/h13-14H,3-12,16H2,1-2H3. The molecule has 1 aliphatic heterocycles. The van der Waals surface area contributed by atoms with Gasteiger partial charge in [-0.3, -0.25) is 4.90 Å². The monoisotopic (exact) mass is 254 g/mol. The van der Waals surface area contributed by atoms with Crippen molar-refractivity contribution in [3.63, 3.8) is 0 Å². The maximum absolute atomic E-state index is 6.08. The van der Waals surface area contributed by atoms with Crippen molar-refractivity contribution >= 4 is 0 Å². The second-order valence-corrected chi connectivity index (χ2v) is 6.70. The van der Waals surface area contributed by atoms with E-state index in [0.717, 1.165) is 44.6 Å². The molecule has 2 fully saturated rings. The molecule has 3 nitrogen and oxygen atoms in total. The van der Waals surface area contributed by atoms with Gasteiger partial charge in [-0.1, -0.05) is 13.8 Å². The Kier molecular flexibility index (Phi) is 5.05. The van der Waals surface area contributed by atoms with Crippen LogP contribution < -0.4 is 5.73 Å². The molecule has 0 atom stereocenters. The summed E-state index contributed by atoms with van der Waals surface area (Å²) in [5.74, 6) is 0.801. The minimum atomic E-state index is 0.331. The summed E-state index contributed by atoms with van der Waals surface area (Å²) in [6.07, 6.45) is 6.40. The first-order valence-corrected chi connectivity index (χ1v) is 7.67. The van der Waals surface area contributed by atoms with Crippen LogP contribution in [0.25, 0.3) is 0 Å². The number of nitrogens with two attached hydrogens (primary N) is 1. The topological polar surface area (TPSA) is 38.5 Å². The highest BCUT2D eigenvalue weighted by molar-refractivity contribution is 4.92.